The third kappa shape index (κ3) is 3.73. The molecule has 1 saturated heterocycles. The maximum Gasteiger partial charge on any atom is 0.257 e. The van der Waals surface area contributed by atoms with E-state index in [0.29, 0.717) is 19.5 Å². The zero-order valence-electron chi connectivity index (χ0n) is 11.9. The molecule has 2 amide bonds. The number of aryl methyl sites for hydroxylation is 1. The van der Waals surface area contributed by atoms with Crippen LogP contribution in [0.2, 0.25) is 0 Å². The summed E-state index contributed by atoms with van der Waals surface area (Å²) < 4.78 is 5.47. The van der Waals surface area contributed by atoms with Gasteiger partial charge in [0.1, 0.15) is 5.75 Å². The van der Waals surface area contributed by atoms with Crippen molar-refractivity contribution in [2.75, 3.05) is 26.7 Å². The van der Waals surface area contributed by atoms with Crippen LogP contribution in [-0.4, -0.2) is 43.5 Å². The van der Waals surface area contributed by atoms with E-state index in [1.165, 1.54) is 0 Å². The molecule has 1 aromatic carbocycles. The number of carbonyl (C=O) groups is 2. The number of hydrogen-bond donors (Lipinski definition) is 1. The molecule has 0 radical (unpaired) electrons. The number of nitrogens with one attached hydrogen (secondary N) is 1. The molecule has 0 bridgehead atoms. The Bertz CT molecular complexity index is 502. The van der Waals surface area contributed by atoms with E-state index in [9.17, 15) is 9.59 Å². The van der Waals surface area contributed by atoms with Crippen molar-refractivity contribution in [1.29, 1.82) is 0 Å². The number of para-hydroxylation sites is 1. The molecular weight excluding hydrogens is 256 g/mol. The first kappa shape index (κ1) is 14.4. The van der Waals surface area contributed by atoms with Crippen LogP contribution in [0.4, 0.5) is 0 Å². The number of likely N-dealkylation sites (tertiary alicyclic amines) is 1. The highest BCUT2D eigenvalue weighted by Gasteiger charge is 2.26. The van der Waals surface area contributed by atoms with Crippen LogP contribution in [0, 0.1) is 12.8 Å². The molecule has 5 nitrogen and oxygen atoms in total. The van der Waals surface area contributed by atoms with Crippen molar-refractivity contribution >= 4 is 11.8 Å². The van der Waals surface area contributed by atoms with Gasteiger partial charge >= 0.3 is 0 Å². The summed E-state index contributed by atoms with van der Waals surface area (Å²) in [4.78, 5) is 24.8. The van der Waals surface area contributed by atoms with Gasteiger partial charge in [0, 0.05) is 32.5 Å². The summed E-state index contributed by atoms with van der Waals surface area (Å²) >= 11 is 0. The summed E-state index contributed by atoms with van der Waals surface area (Å²) in [7, 11) is 1.78. The molecule has 1 aromatic rings. The van der Waals surface area contributed by atoms with E-state index < -0.39 is 0 Å². The topological polar surface area (TPSA) is 58.6 Å². The van der Waals surface area contributed by atoms with Crippen LogP contribution in [0.5, 0.6) is 5.75 Å². The van der Waals surface area contributed by atoms with E-state index in [-0.39, 0.29) is 24.3 Å². The Balaban J connectivity index is 1.71. The van der Waals surface area contributed by atoms with Crippen molar-refractivity contribution < 1.29 is 14.3 Å². The Hall–Kier alpha value is -2.04. The molecule has 0 aromatic heterocycles. The third-order valence-corrected chi connectivity index (χ3v) is 3.46. The Labute approximate surface area is 118 Å². The lowest BCUT2D eigenvalue weighted by atomic mass is 10.1. The van der Waals surface area contributed by atoms with Gasteiger partial charge in [-0.3, -0.25) is 9.59 Å². The number of hydrogen-bond acceptors (Lipinski definition) is 3. The van der Waals surface area contributed by atoms with Crippen LogP contribution >= 0.6 is 0 Å². The number of nitrogens with zero attached hydrogens (tertiary/aromatic N) is 1. The maximum atomic E-state index is 11.7. The van der Waals surface area contributed by atoms with Gasteiger partial charge < -0.3 is 15.0 Å². The predicted molar refractivity (Wildman–Crippen MR) is 75.4 cm³/mol. The summed E-state index contributed by atoms with van der Waals surface area (Å²) in [6, 6.07) is 7.58. The molecule has 2 rings (SSSR count). The smallest absolute Gasteiger partial charge is 0.257 e. The second-order valence-corrected chi connectivity index (χ2v) is 5.20. The normalized spacial score (nSPS) is 18.2. The Morgan fingerprint density at radius 3 is 2.85 bits per heavy atom. The molecule has 5 heteroatoms. The largest absolute Gasteiger partial charge is 0.484 e. The molecule has 0 spiro atoms. The maximum absolute atomic E-state index is 11.7. The average molecular weight is 276 g/mol. The second-order valence-electron chi connectivity index (χ2n) is 5.20. The van der Waals surface area contributed by atoms with Crippen LogP contribution in [-0.2, 0) is 9.59 Å². The van der Waals surface area contributed by atoms with Crippen LogP contribution in [0.3, 0.4) is 0 Å². The lowest BCUT2D eigenvalue weighted by Crippen LogP contribution is -2.34. The van der Waals surface area contributed by atoms with Crippen molar-refractivity contribution in [1.82, 2.24) is 10.2 Å². The van der Waals surface area contributed by atoms with Crippen LogP contribution in [0.25, 0.3) is 0 Å². The molecule has 1 atom stereocenters. The van der Waals surface area contributed by atoms with Crippen molar-refractivity contribution in [3.63, 3.8) is 0 Å². The SMILES string of the molecule is Cc1ccccc1OCC(=O)NCC1CC(=O)N(C)C1. The molecule has 1 unspecified atom stereocenters. The van der Waals surface area contributed by atoms with E-state index in [1.54, 1.807) is 11.9 Å². The molecule has 1 aliphatic rings. The lowest BCUT2D eigenvalue weighted by Gasteiger charge is -2.12. The second kappa shape index (κ2) is 6.41. The first-order chi connectivity index (χ1) is 9.56. The third-order valence-electron chi connectivity index (χ3n) is 3.46. The quantitative estimate of drug-likeness (QED) is 0.871. The van der Waals surface area contributed by atoms with E-state index in [2.05, 4.69) is 5.32 Å². The number of rotatable bonds is 5. The minimum absolute atomic E-state index is 0.00135. The van der Waals surface area contributed by atoms with Gasteiger partial charge in [0.2, 0.25) is 5.91 Å². The van der Waals surface area contributed by atoms with Crippen LogP contribution in [0.15, 0.2) is 24.3 Å². The fourth-order valence-corrected chi connectivity index (χ4v) is 2.26. The fraction of sp³-hybridized carbons (Fsp3) is 0.467. The van der Waals surface area contributed by atoms with E-state index in [1.807, 2.05) is 31.2 Å². The first-order valence-electron chi connectivity index (χ1n) is 6.75. The van der Waals surface area contributed by atoms with E-state index in [0.717, 1.165) is 11.3 Å². The van der Waals surface area contributed by atoms with Gasteiger partial charge in [-0.2, -0.15) is 0 Å². The van der Waals surface area contributed by atoms with E-state index in [4.69, 9.17) is 4.74 Å². The standard InChI is InChI=1S/C15H20N2O3/c1-11-5-3-4-6-13(11)20-10-14(18)16-8-12-7-15(19)17(2)9-12/h3-6,12H,7-10H2,1-2H3,(H,16,18). The Kier molecular flexibility index (Phi) is 4.61. The molecule has 1 aliphatic heterocycles. The van der Waals surface area contributed by atoms with E-state index >= 15 is 0 Å². The molecule has 1 fully saturated rings. The molecular formula is C15H20N2O3. The van der Waals surface area contributed by atoms with Crippen LogP contribution < -0.4 is 10.1 Å². The number of ether oxygens (including phenoxy) is 1. The van der Waals surface area contributed by atoms with Gasteiger partial charge in [0.05, 0.1) is 0 Å². The predicted octanol–water partition coefficient (Wildman–Crippen LogP) is 0.968. The number of carbonyl (C=O) groups excluding carboxylic acids is 2. The molecule has 1 heterocycles. The van der Waals surface area contributed by atoms with Crippen molar-refractivity contribution in [3.8, 4) is 5.75 Å². The Morgan fingerprint density at radius 1 is 1.45 bits per heavy atom. The number of benzene rings is 1. The molecule has 108 valence electrons. The summed E-state index contributed by atoms with van der Waals surface area (Å²) in [6.07, 6.45) is 0.509. The first-order valence-corrected chi connectivity index (χ1v) is 6.75. The Morgan fingerprint density at radius 2 is 2.20 bits per heavy atom. The summed E-state index contributed by atoms with van der Waals surface area (Å²) in [5.74, 6) is 0.906. The summed E-state index contributed by atoms with van der Waals surface area (Å²) in [6.45, 7) is 3.17. The van der Waals surface area contributed by atoms with Gasteiger partial charge in [-0.15, -0.1) is 0 Å². The van der Waals surface area contributed by atoms with Gasteiger partial charge in [-0.25, -0.2) is 0 Å². The zero-order chi connectivity index (χ0) is 14.5. The van der Waals surface area contributed by atoms with Crippen molar-refractivity contribution in [2.45, 2.75) is 13.3 Å². The highest BCUT2D eigenvalue weighted by molar-refractivity contribution is 5.79. The molecule has 1 N–H and O–H groups in total. The van der Waals surface area contributed by atoms with Crippen LogP contribution in [0.1, 0.15) is 12.0 Å². The molecule has 20 heavy (non-hydrogen) atoms. The monoisotopic (exact) mass is 276 g/mol. The van der Waals surface area contributed by atoms with Gasteiger partial charge in [0.15, 0.2) is 6.61 Å². The lowest BCUT2D eigenvalue weighted by molar-refractivity contribution is -0.126. The summed E-state index contributed by atoms with van der Waals surface area (Å²) in [5, 5.41) is 2.81. The number of amides is 2. The minimum atomic E-state index is -0.157. The van der Waals surface area contributed by atoms with Gasteiger partial charge in [-0.05, 0) is 18.6 Å². The van der Waals surface area contributed by atoms with Crippen molar-refractivity contribution in [2.24, 2.45) is 5.92 Å². The molecule has 0 saturated carbocycles. The summed E-state index contributed by atoms with van der Waals surface area (Å²) in [5.41, 5.74) is 1.00. The average Bonchev–Trinajstić information content (AvgIpc) is 2.75. The van der Waals surface area contributed by atoms with Gasteiger partial charge in [0.25, 0.3) is 5.91 Å². The van der Waals surface area contributed by atoms with Crippen molar-refractivity contribution in [3.05, 3.63) is 29.8 Å². The highest BCUT2D eigenvalue weighted by Crippen LogP contribution is 2.16. The minimum Gasteiger partial charge on any atom is -0.484 e. The zero-order valence-corrected chi connectivity index (χ0v) is 11.9. The van der Waals surface area contributed by atoms with Gasteiger partial charge in [-0.1, -0.05) is 18.2 Å². The fourth-order valence-electron chi connectivity index (χ4n) is 2.26. The molecule has 0 aliphatic carbocycles. The highest BCUT2D eigenvalue weighted by atomic mass is 16.5.